The van der Waals surface area contributed by atoms with E-state index in [0.29, 0.717) is 24.5 Å². The SMILES string of the molecule is CC(C)(C(=O)NCCc1ccccc1)C(=O)NCCc1cccc(Cl)c1. The lowest BCUT2D eigenvalue weighted by molar-refractivity contribution is -0.141. The number of amides is 2. The van der Waals surface area contributed by atoms with Crippen LogP contribution in [0.2, 0.25) is 5.02 Å². The number of halogens is 1. The lowest BCUT2D eigenvalue weighted by atomic mass is 9.91. The van der Waals surface area contributed by atoms with Gasteiger partial charge >= 0.3 is 0 Å². The average Bonchev–Trinajstić information content (AvgIpc) is 2.62. The van der Waals surface area contributed by atoms with Crippen molar-refractivity contribution in [2.24, 2.45) is 5.41 Å². The Labute approximate surface area is 159 Å². The summed E-state index contributed by atoms with van der Waals surface area (Å²) in [6.07, 6.45) is 1.40. The van der Waals surface area contributed by atoms with Gasteiger partial charge in [-0.05, 0) is 49.9 Å². The second-order valence-electron chi connectivity index (χ2n) is 6.75. The first-order valence-corrected chi connectivity index (χ1v) is 9.12. The van der Waals surface area contributed by atoms with Gasteiger partial charge in [0.2, 0.25) is 11.8 Å². The van der Waals surface area contributed by atoms with Crippen LogP contribution in [0.3, 0.4) is 0 Å². The van der Waals surface area contributed by atoms with Gasteiger partial charge in [0.15, 0.2) is 0 Å². The van der Waals surface area contributed by atoms with Crippen LogP contribution in [-0.2, 0) is 22.4 Å². The molecule has 0 atom stereocenters. The summed E-state index contributed by atoms with van der Waals surface area (Å²) in [5.74, 6) is -0.551. The highest BCUT2D eigenvalue weighted by molar-refractivity contribution is 6.30. The Balaban J connectivity index is 1.77. The van der Waals surface area contributed by atoms with Gasteiger partial charge in [0.25, 0.3) is 0 Å². The second-order valence-corrected chi connectivity index (χ2v) is 7.19. The Morgan fingerprint density at radius 2 is 1.38 bits per heavy atom. The quantitative estimate of drug-likeness (QED) is 0.698. The maximum Gasteiger partial charge on any atom is 0.235 e. The highest BCUT2D eigenvalue weighted by Crippen LogP contribution is 2.16. The summed E-state index contributed by atoms with van der Waals surface area (Å²) in [7, 11) is 0. The van der Waals surface area contributed by atoms with Crippen LogP contribution in [0.4, 0.5) is 0 Å². The third-order valence-corrected chi connectivity index (χ3v) is 4.50. The van der Waals surface area contributed by atoms with Gasteiger partial charge in [0.1, 0.15) is 5.41 Å². The molecule has 26 heavy (non-hydrogen) atoms. The molecular weight excluding hydrogens is 348 g/mol. The first kappa shape index (κ1) is 20.0. The summed E-state index contributed by atoms with van der Waals surface area (Å²) in [6.45, 7) is 4.24. The molecule has 0 radical (unpaired) electrons. The van der Waals surface area contributed by atoms with Crippen LogP contribution in [0.5, 0.6) is 0 Å². The summed E-state index contributed by atoms with van der Waals surface area (Å²) in [6, 6.07) is 17.4. The van der Waals surface area contributed by atoms with Gasteiger partial charge < -0.3 is 10.6 Å². The number of carbonyl (C=O) groups is 2. The summed E-state index contributed by atoms with van der Waals surface area (Å²) < 4.78 is 0. The maximum absolute atomic E-state index is 12.4. The van der Waals surface area contributed by atoms with Crippen LogP contribution in [0, 0.1) is 5.41 Å². The molecule has 0 bridgehead atoms. The van der Waals surface area contributed by atoms with E-state index in [2.05, 4.69) is 10.6 Å². The van der Waals surface area contributed by atoms with Crippen molar-refractivity contribution in [3.05, 3.63) is 70.7 Å². The predicted octanol–water partition coefficient (Wildman–Crippen LogP) is 3.38. The minimum atomic E-state index is -1.12. The van der Waals surface area contributed by atoms with Crippen molar-refractivity contribution >= 4 is 23.4 Å². The molecule has 2 aromatic carbocycles. The molecule has 5 heteroatoms. The standard InChI is InChI=1S/C21H25ClN2O2/c1-21(2,19(25)23-13-11-16-7-4-3-5-8-16)20(26)24-14-12-17-9-6-10-18(22)15-17/h3-10,15H,11-14H2,1-2H3,(H,23,25)(H,24,26). The summed E-state index contributed by atoms with van der Waals surface area (Å²) in [5, 5.41) is 6.36. The van der Waals surface area contributed by atoms with Crippen molar-refractivity contribution in [1.82, 2.24) is 10.6 Å². The Bertz CT molecular complexity index is 745. The lowest BCUT2D eigenvalue weighted by Crippen LogP contribution is -2.48. The molecule has 2 aromatic rings. The van der Waals surface area contributed by atoms with E-state index in [1.165, 1.54) is 0 Å². The molecule has 0 aliphatic rings. The molecule has 0 saturated carbocycles. The van der Waals surface area contributed by atoms with Gasteiger partial charge in [-0.25, -0.2) is 0 Å². The van der Waals surface area contributed by atoms with Crippen LogP contribution in [0.15, 0.2) is 54.6 Å². The van der Waals surface area contributed by atoms with Gasteiger partial charge in [-0.3, -0.25) is 9.59 Å². The Morgan fingerprint density at radius 3 is 1.96 bits per heavy atom. The van der Waals surface area contributed by atoms with Crippen LogP contribution in [-0.4, -0.2) is 24.9 Å². The largest absolute Gasteiger partial charge is 0.355 e. The van der Waals surface area contributed by atoms with E-state index < -0.39 is 5.41 Å². The minimum Gasteiger partial charge on any atom is -0.355 e. The zero-order chi connectivity index (χ0) is 19.0. The van der Waals surface area contributed by atoms with Crippen molar-refractivity contribution in [1.29, 1.82) is 0 Å². The summed E-state index contributed by atoms with van der Waals surface area (Å²) in [5.41, 5.74) is 1.07. The number of benzene rings is 2. The van der Waals surface area contributed by atoms with E-state index in [-0.39, 0.29) is 11.8 Å². The predicted molar refractivity (Wildman–Crippen MR) is 105 cm³/mol. The molecule has 0 fully saturated rings. The van der Waals surface area contributed by atoms with Crippen LogP contribution in [0.1, 0.15) is 25.0 Å². The van der Waals surface area contributed by atoms with Crippen LogP contribution < -0.4 is 10.6 Å². The molecule has 2 N–H and O–H groups in total. The van der Waals surface area contributed by atoms with E-state index in [1.807, 2.05) is 54.6 Å². The third-order valence-electron chi connectivity index (χ3n) is 4.27. The number of carbonyl (C=O) groups excluding carboxylic acids is 2. The molecule has 0 aliphatic carbocycles. The normalized spacial score (nSPS) is 11.0. The average molecular weight is 373 g/mol. The highest BCUT2D eigenvalue weighted by atomic mass is 35.5. The molecule has 0 aromatic heterocycles. The lowest BCUT2D eigenvalue weighted by Gasteiger charge is -2.22. The van der Waals surface area contributed by atoms with Crippen molar-refractivity contribution in [3.63, 3.8) is 0 Å². The maximum atomic E-state index is 12.4. The van der Waals surface area contributed by atoms with Crippen molar-refractivity contribution in [2.75, 3.05) is 13.1 Å². The van der Waals surface area contributed by atoms with Crippen LogP contribution in [0.25, 0.3) is 0 Å². The molecule has 138 valence electrons. The molecular formula is C21H25ClN2O2. The van der Waals surface area contributed by atoms with Gasteiger partial charge in [0.05, 0.1) is 0 Å². The fourth-order valence-corrected chi connectivity index (χ4v) is 2.74. The Hall–Kier alpha value is -2.33. The Kier molecular flexibility index (Phi) is 7.22. The van der Waals surface area contributed by atoms with Gasteiger partial charge in [-0.1, -0.05) is 54.1 Å². The molecule has 4 nitrogen and oxygen atoms in total. The highest BCUT2D eigenvalue weighted by Gasteiger charge is 2.35. The summed E-state index contributed by atoms with van der Waals surface area (Å²) in [4.78, 5) is 24.8. The summed E-state index contributed by atoms with van der Waals surface area (Å²) >= 11 is 5.95. The molecule has 0 spiro atoms. The fourth-order valence-electron chi connectivity index (χ4n) is 2.52. The van der Waals surface area contributed by atoms with Crippen molar-refractivity contribution in [2.45, 2.75) is 26.7 Å². The minimum absolute atomic E-state index is 0.270. The third kappa shape index (κ3) is 5.88. The molecule has 2 rings (SSSR count). The van der Waals surface area contributed by atoms with Crippen LogP contribution >= 0.6 is 11.6 Å². The molecule has 0 aliphatic heterocycles. The number of rotatable bonds is 8. The molecule has 0 saturated heterocycles. The Morgan fingerprint density at radius 1 is 0.846 bits per heavy atom. The topological polar surface area (TPSA) is 58.2 Å². The van der Waals surface area contributed by atoms with Gasteiger partial charge in [0, 0.05) is 18.1 Å². The molecule has 0 unspecified atom stereocenters. The van der Waals surface area contributed by atoms with E-state index in [0.717, 1.165) is 17.5 Å². The zero-order valence-electron chi connectivity index (χ0n) is 15.2. The molecule has 2 amide bonds. The fraction of sp³-hybridized carbons (Fsp3) is 0.333. The number of hydrogen-bond donors (Lipinski definition) is 2. The van der Waals surface area contributed by atoms with E-state index >= 15 is 0 Å². The van der Waals surface area contributed by atoms with Gasteiger partial charge in [-0.15, -0.1) is 0 Å². The zero-order valence-corrected chi connectivity index (χ0v) is 16.0. The number of hydrogen-bond acceptors (Lipinski definition) is 2. The van der Waals surface area contributed by atoms with Crippen molar-refractivity contribution < 1.29 is 9.59 Å². The second kappa shape index (κ2) is 9.39. The van der Waals surface area contributed by atoms with E-state index in [4.69, 9.17) is 11.6 Å². The smallest absolute Gasteiger partial charge is 0.235 e. The van der Waals surface area contributed by atoms with E-state index in [1.54, 1.807) is 13.8 Å². The monoisotopic (exact) mass is 372 g/mol. The number of nitrogens with one attached hydrogen (secondary N) is 2. The van der Waals surface area contributed by atoms with Crippen molar-refractivity contribution in [3.8, 4) is 0 Å². The first-order chi connectivity index (χ1) is 12.4. The van der Waals surface area contributed by atoms with E-state index in [9.17, 15) is 9.59 Å². The van der Waals surface area contributed by atoms with Gasteiger partial charge in [-0.2, -0.15) is 0 Å². The first-order valence-electron chi connectivity index (χ1n) is 8.74. The molecule has 0 heterocycles.